The van der Waals surface area contributed by atoms with Crippen LogP contribution in [0.1, 0.15) is 29.6 Å². The molecule has 0 aliphatic carbocycles. The van der Waals surface area contributed by atoms with Crippen molar-refractivity contribution in [1.29, 1.82) is 0 Å². The van der Waals surface area contributed by atoms with Crippen LogP contribution in [0.2, 0.25) is 0 Å². The van der Waals surface area contributed by atoms with E-state index in [4.69, 9.17) is 0 Å². The molecule has 2 aromatic carbocycles. The lowest BCUT2D eigenvalue weighted by atomic mass is 9.86. The Kier molecular flexibility index (Phi) is 6.52. The number of benzene rings is 2. The van der Waals surface area contributed by atoms with E-state index in [0.29, 0.717) is 45.5 Å². The van der Waals surface area contributed by atoms with Crippen molar-refractivity contribution in [3.8, 4) is 17.1 Å². The smallest absolute Gasteiger partial charge is 0.234 e. The summed E-state index contributed by atoms with van der Waals surface area (Å²) >= 11 is 0. The molecule has 186 valence electrons. The largest absolute Gasteiger partial charge is 0.382 e. The van der Waals surface area contributed by atoms with Crippen LogP contribution in [0.5, 0.6) is 0 Å². The van der Waals surface area contributed by atoms with Crippen molar-refractivity contribution in [2.45, 2.75) is 29.8 Å². The molecule has 5 rings (SSSR count). The average molecular weight is 509 g/mol. The molecule has 10 heteroatoms. The third-order valence-electron chi connectivity index (χ3n) is 6.59. The molecule has 0 bridgehead atoms. The Labute approximate surface area is 209 Å². The van der Waals surface area contributed by atoms with Crippen LogP contribution in [-0.4, -0.2) is 64.9 Å². The highest BCUT2D eigenvalue weighted by Crippen LogP contribution is 2.31. The number of aliphatic hydroxyl groups is 1. The molecule has 0 amide bonds. The lowest BCUT2D eigenvalue weighted by Crippen LogP contribution is -2.39. The molecule has 0 radical (unpaired) electrons. The molecule has 2 unspecified atom stereocenters. The predicted molar refractivity (Wildman–Crippen MR) is 133 cm³/mol. The predicted octanol–water partition coefficient (Wildman–Crippen LogP) is 3.75. The fourth-order valence-corrected chi connectivity index (χ4v) is 5.35. The molecular weight excluding hydrogens is 483 g/mol. The van der Waals surface area contributed by atoms with Gasteiger partial charge in [0.25, 0.3) is 0 Å². The fourth-order valence-electron chi connectivity index (χ4n) is 4.61. The number of hydrogen-bond donors (Lipinski definition) is 2. The van der Waals surface area contributed by atoms with Gasteiger partial charge in [0.1, 0.15) is 11.4 Å². The molecule has 1 saturated heterocycles. The molecule has 4 aromatic rings. The Balaban J connectivity index is 1.56. The second-order valence-electron chi connectivity index (χ2n) is 8.97. The van der Waals surface area contributed by atoms with E-state index in [1.165, 1.54) is 18.5 Å². The topological polar surface area (TPSA) is 109 Å². The van der Waals surface area contributed by atoms with Gasteiger partial charge in [0.05, 0.1) is 21.2 Å². The van der Waals surface area contributed by atoms with Crippen LogP contribution in [0, 0.1) is 5.82 Å². The van der Waals surface area contributed by atoms with Gasteiger partial charge in [-0.3, -0.25) is 13.6 Å². The second-order valence-corrected chi connectivity index (χ2v) is 10.3. The second kappa shape index (κ2) is 9.62. The summed E-state index contributed by atoms with van der Waals surface area (Å²) < 4.78 is 28.3. The Hall–Kier alpha value is -3.31. The summed E-state index contributed by atoms with van der Waals surface area (Å²) in [6.07, 6.45) is 7.10. The summed E-state index contributed by atoms with van der Waals surface area (Å²) in [5.74, 6) is -0.541. The molecule has 2 atom stereocenters. The van der Waals surface area contributed by atoms with E-state index in [-0.39, 0.29) is 31.2 Å². The lowest BCUT2D eigenvalue weighted by molar-refractivity contribution is -0.0910. The van der Waals surface area contributed by atoms with Crippen LogP contribution in [0.25, 0.3) is 28.0 Å². The van der Waals surface area contributed by atoms with Gasteiger partial charge in [-0.2, -0.15) is 5.06 Å². The van der Waals surface area contributed by atoms with Crippen LogP contribution < -0.4 is 0 Å². The molecule has 1 aliphatic rings. The van der Waals surface area contributed by atoms with Gasteiger partial charge >= 0.3 is 0 Å². The number of fused-ring (bicyclic) bond motifs is 1. The standard InChI is InChI=1S/C26H25FN4O4S/c1-36(35)23-16-31(25-28-14-18(15-29-25)19-5-2-3-6-21(19)27)22-13-17(7-8-20(22)23)24(32)26(33)9-4-11-30(34)12-10-26/h2-3,5-8,13-16,33-34H,4,9-12H2,1H3. The first-order valence-corrected chi connectivity index (χ1v) is 13.1. The molecule has 8 nitrogen and oxygen atoms in total. The van der Waals surface area contributed by atoms with Crippen LogP contribution in [0.3, 0.4) is 0 Å². The Bertz CT molecular complexity index is 1470. The van der Waals surface area contributed by atoms with Crippen molar-refractivity contribution in [1.82, 2.24) is 19.6 Å². The van der Waals surface area contributed by atoms with Crippen LogP contribution in [-0.2, 0) is 10.8 Å². The number of carbonyl (C=O) groups excluding carboxylic acids is 1. The molecule has 1 fully saturated rings. The highest BCUT2D eigenvalue weighted by atomic mass is 32.2. The molecular formula is C26H25FN4O4S. The van der Waals surface area contributed by atoms with Crippen LogP contribution >= 0.6 is 0 Å². The quantitative estimate of drug-likeness (QED) is 0.395. The maximum Gasteiger partial charge on any atom is 0.234 e. The van der Waals surface area contributed by atoms with Gasteiger partial charge in [-0.25, -0.2) is 14.4 Å². The zero-order chi connectivity index (χ0) is 25.4. The number of aromatic nitrogens is 3. The van der Waals surface area contributed by atoms with Crippen molar-refractivity contribution in [3.05, 3.63) is 72.4 Å². The first-order valence-electron chi connectivity index (χ1n) is 11.5. The average Bonchev–Trinajstić information content (AvgIpc) is 3.17. The molecule has 36 heavy (non-hydrogen) atoms. The number of carbonyl (C=O) groups is 1. The van der Waals surface area contributed by atoms with Crippen molar-refractivity contribution in [2.24, 2.45) is 0 Å². The van der Waals surface area contributed by atoms with Gasteiger partial charge in [-0.15, -0.1) is 0 Å². The first kappa shape index (κ1) is 24.4. The van der Waals surface area contributed by atoms with Crippen molar-refractivity contribution in [2.75, 3.05) is 19.3 Å². The van der Waals surface area contributed by atoms with E-state index in [0.717, 1.165) is 5.06 Å². The first-order chi connectivity index (χ1) is 17.3. The van der Waals surface area contributed by atoms with Crippen molar-refractivity contribution < 1.29 is 23.7 Å². The number of Topliss-reactive ketones (excluding diaryl/α,β-unsaturated/α-hetero) is 1. The zero-order valence-corrected chi connectivity index (χ0v) is 20.4. The van der Waals surface area contributed by atoms with Gasteiger partial charge < -0.3 is 10.3 Å². The minimum atomic E-state index is -1.59. The van der Waals surface area contributed by atoms with Crippen molar-refractivity contribution >= 4 is 27.5 Å². The van der Waals surface area contributed by atoms with Gasteiger partial charge in [-0.1, -0.05) is 30.3 Å². The third-order valence-corrected chi connectivity index (χ3v) is 7.54. The Morgan fingerprint density at radius 3 is 2.58 bits per heavy atom. The van der Waals surface area contributed by atoms with E-state index in [1.54, 1.807) is 53.4 Å². The molecule has 1 aliphatic heterocycles. The SMILES string of the molecule is CS(=O)c1cn(-c2ncc(-c3ccccc3F)cn2)c2cc(C(=O)C3(O)CCCN(O)CC3)ccc12. The van der Waals surface area contributed by atoms with Gasteiger partial charge in [0.2, 0.25) is 5.95 Å². The van der Waals surface area contributed by atoms with Gasteiger partial charge in [-0.05, 0) is 31.4 Å². The molecule has 0 saturated carbocycles. The molecule has 2 N–H and O–H groups in total. The summed E-state index contributed by atoms with van der Waals surface area (Å²) in [6.45, 7) is 0.589. The highest BCUT2D eigenvalue weighted by molar-refractivity contribution is 7.84. The van der Waals surface area contributed by atoms with Gasteiger partial charge in [0, 0.05) is 60.0 Å². The number of hydroxylamine groups is 2. The van der Waals surface area contributed by atoms with Gasteiger partial charge in [0.15, 0.2) is 5.78 Å². The number of ketones is 1. The van der Waals surface area contributed by atoms with Crippen molar-refractivity contribution in [3.63, 3.8) is 0 Å². The minimum Gasteiger partial charge on any atom is -0.382 e. The van der Waals surface area contributed by atoms with E-state index >= 15 is 0 Å². The summed E-state index contributed by atoms with van der Waals surface area (Å²) in [4.78, 5) is 22.7. The van der Waals surface area contributed by atoms with E-state index in [1.807, 2.05) is 0 Å². The fraction of sp³-hybridized carbons (Fsp3) is 0.269. The minimum absolute atomic E-state index is 0.117. The van der Waals surface area contributed by atoms with E-state index in [9.17, 15) is 23.7 Å². The van der Waals surface area contributed by atoms with E-state index < -0.39 is 22.2 Å². The Morgan fingerprint density at radius 2 is 1.86 bits per heavy atom. The lowest BCUT2D eigenvalue weighted by Gasteiger charge is -2.25. The zero-order valence-electron chi connectivity index (χ0n) is 19.6. The maximum atomic E-state index is 14.2. The third kappa shape index (κ3) is 4.48. The highest BCUT2D eigenvalue weighted by Gasteiger charge is 2.38. The molecule has 3 heterocycles. The van der Waals surface area contributed by atoms with Crippen LogP contribution in [0.15, 0.2) is 66.0 Å². The summed E-state index contributed by atoms with van der Waals surface area (Å²) in [7, 11) is -1.32. The summed E-state index contributed by atoms with van der Waals surface area (Å²) in [6, 6.07) is 11.3. The molecule has 0 spiro atoms. The normalized spacial score (nSPS) is 19.8. The van der Waals surface area contributed by atoms with E-state index in [2.05, 4.69) is 9.97 Å². The Morgan fingerprint density at radius 1 is 1.11 bits per heavy atom. The van der Waals surface area contributed by atoms with Crippen LogP contribution in [0.4, 0.5) is 4.39 Å². The number of rotatable bonds is 5. The molecule has 2 aromatic heterocycles. The number of nitrogens with zero attached hydrogens (tertiary/aromatic N) is 4. The maximum absolute atomic E-state index is 14.2. The number of hydrogen-bond acceptors (Lipinski definition) is 7. The summed E-state index contributed by atoms with van der Waals surface area (Å²) in [5, 5.41) is 22.7. The monoisotopic (exact) mass is 508 g/mol. The summed E-state index contributed by atoms with van der Waals surface area (Å²) in [5.41, 5.74) is 0.161. The number of halogens is 1.